The van der Waals surface area contributed by atoms with Crippen LogP contribution in [0.15, 0.2) is 11.0 Å². The average Bonchev–Trinajstić information content (AvgIpc) is 2.00. The summed E-state index contributed by atoms with van der Waals surface area (Å²) in [5.41, 5.74) is -0.543. The summed E-state index contributed by atoms with van der Waals surface area (Å²) in [6.45, 7) is 0. The van der Waals surface area contributed by atoms with Gasteiger partial charge >= 0.3 is 5.56 Å². The second kappa shape index (κ2) is 3.10. The van der Waals surface area contributed by atoms with Gasteiger partial charge in [0.05, 0.1) is 11.9 Å². The second-order valence-corrected chi connectivity index (χ2v) is 2.78. The van der Waals surface area contributed by atoms with Crippen molar-refractivity contribution >= 4 is 17.3 Å². The summed E-state index contributed by atoms with van der Waals surface area (Å²) >= 11 is 5.54. The van der Waals surface area contributed by atoms with Gasteiger partial charge in [-0.1, -0.05) is 21.0 Å². The van der Waals surface area contributed by atoms with Crippen molar-refractivity contribution in [2.75, 3.05) is 19.0 Å². The Bertz CT molecular complexity index is 349. The Morgan fingerprint density at radius 2 is 2.25 bits per heavy atom. The number of nitrogens with zero attached hydrogens (tertiary/aromatic N) is 3. The van der Waals surface area contributed by atoms with Crippen LogP contribution in [0, 0.1) is 0 Å². The first kappa shape index (κ1) is 8.99. The zero-order valence-corrected chi connectivity index (χ0v) is 7.34. The molecule has 1 aromatic heterocycles. The van der Waals surface area contributed by atoms with Gasteiger partial charge in [-0.05, 0) is 0 Å². The van der Waals surface area contributed by atoms with E-state index < -0.39 is 5.56 Å². The van der Waals surface area contributed by atoms with Crippen LogP contribution in [0.1, 0.15) is 0 Å². The van der Waals surface area contributed by atoms with Crippen LogP contribution in [-0.4, -0.2) is 24.1 Å². The Hall–Kier alpha value is -1.10. The lowest BCUT2D eigenvalue weighted by molar-refractivity contribution is 0.295. The largest absolute Gasteiger partial charge is 0.375 e. The lowest BCUT2D eigenvalue weighted by Crippen LogP contribution is -2.21. The predicted octanol–water partition coefficient (Wildman–Crippen LogP) is 0.695. The van der Waals surface area contributed by atoms with Crippen molar-refractivity contribution in [2.24, 2.45) is 0 Å². The van der Waals surface area contributed by atoms with Crippen LogP contribution in [0.2, 0.25) is 5.02 Å². The quantitative estimate of drug-likeness (QED) is 0.656. The zero-order chi connectivity index (χ0) is 9.30. The first-order chi connectivity index (χ1) is 5.54. The maximum atomic E-state index is 12.4. The Balaban J connectivity index is 3.37. The van der Waals surface area contributed by atoms with Gasteiger partial charge in [0.1, 0.15) is 5.02 Å². The summed E-state index contributed by atoms with van der Waals surface area (Å²) in [6.07, 6.45) is 1.18. The van der Waals surface area contributed by atoms with Crippen molar-refractivity contribution in [3.05, 3.63) is 21.6 Å². The molecule has 66 valence electrons. The third-order valence-electron chi connectivity index (χ3n) is 1.34. The molecule has 0 fully saturated rings. The summed E-state index contributed by atoms with van der Waals surface area (Å²) in [7, 11) is 3.37. The first-order valence-corrected chi connectivity index (χ1v) is 3.53. The molecule has 0 bridgehead atoms. The highest BCUT2D eigenvalue weighted by atomic mass is 35.5. The van der Waals surface area contributed by atoms with Crippen LogP contribution in [0.3, 0.4) is 0 Å². The van der Waals surface area contributed by atoms with Gasteiger partial charge in [-0.2, -0.15) is 0 Å². The maximum absolute atomic E-state index is 12.4. The van der Waals surface area contributed by atoms with E-state index in [9.17, 15) is 9.28 Å². The summed E-state index contributed by atoms with van der Waals surface area (Å²) < 4.78 is 12.4. The molecule has 0 saturated heterocycles. The lowest BCUT2D eigenvalue weighted by atomic mass is 10.4. The van der Waals surface area contributed by atoms with E-state index in [1.807, 2.05) is 0 Å². The Labute approximate surface area is 73.1 Å². The van der Waals surface area contributed by atoms with Gasteiger partial charge in [-0.15, -0.1) is 5.10 Å². The molecule has 0 amide bonds. The molecule has 0 spiro atoms. The fourth-order valence-corrected chi connectivity index (χ4v) is 1.00. The van der Waals surface area contributed by atoms with Gasteiger partial charge in [-0.3, -0.25) is 4.79 Å². The van der Waals surface area contributed by atoms with Gasteiger partial charge in [0.2, 0.25) is 0 Å². The van der Waals surface area contributed by atoms with Crippen molar-refractivity contribution in [3.8, 4) is 0 Å². The number of hydrogen-bond donors (Lipinski definition) is 0. The zero-order valence-electron chi connectivity index (χ0n) is 6.58. The second-order valence-electron chi connectivity index (χ2n) is 2.40. The van der Waals surface area contributed by atoms with Gasteiger partial charge in [0.25, 0.3) is 0 Å². The number of rotatable bonds is 1. The molecule has 1 aromatic rings. The van der Waals surface area contributed by atoms with Crippen molar-refractivity contribution in [1.82, 2.24) is 10.0 Å². The molecule has 1 heterocycles. The monoisotopic (exact) mass is 191 g/mol. The minimum absolute atomic E-state index is 0.169. The molecular formula is C6H7ClFN3O. The topological polar surface area (TPSA) is 38.1 Å². The third-order valence-corrected chi connectivity index (χ3v) is 1.70. The van der Waals surface area contributed by atoms with E-state index in [2.05, 4.69) is 5.10 Å². The van der Waals surface area contributed by atoms with E-state index >= 15 is 0 Å². The summed E-state index contributed by atoms with van der Waals surface area (Å²) in [5, 5.41) is 3.00. The minimum atomic E-state index is -0.942. The number of aromatic nitrogens is 2. The van der Waals surface area contributed by atoms with Crippen LogP contribution in [-0.2, 0) is 0 Å². The standard InChI is InChI=1S/C6H7ClFN3O/c1-10(2)4-3-9-11(8)6(12)5(4)7/h3H,1-2H3. The van der Waals surface area contributed by atoms with Gasteiger partial charge in [0, 0.05) is 14.1 Å². The highest BCUT2D eigenvalue weighted by molar-refractivity contribution is 6.32. The van der Waals surface area contributed by atoms with E-state index in [4.69, 9.17) is 11.6 Å². The molecule has 0 N–H and O–H groups in total. The summed E-state index contributed by atoms with van der Waals surface area (Å²) in [6, 6.07) is 0. The minimum Gasteiger partial charge on any atom is -0.375 e. The summed E-state index contributed by atoms with van der Waals surface area (Å²) in [5.74, 6) is 0. The predicted molar refractivity (Wildman–Crippen MR) is 44.3 cm³/mol. The molecule has 0 radical (unpaired) electrons. The molecule has 0 aromatic carbocycles. The third kappa shape index (κ3) is 1.40. The number of anilines is 1. The van der Waals surface area contributed by atoms with E-state index in [-0.39, 0.29) is 9.93 Å². The molecular weight excluding hydrogens is 185 g/mol. The normalized spacial score (nSPS) is 10.0. The maximum Gasteiger partial charge on any atom is 0.318 e. The van der Waals surface area contributed by atoms with Crippen LogP contribution in [0.4, 0.5) is 10.2 Å². The Morgan fingerprint density at radius 3 is 2.75 bits per heavy atom. The summed E-state index contributed by atoms with van der Waals surface area (Å²) in [4.78, 5) is 12.1. The Morgan fingerprint density at radius 1 is 1.67 bits per heavy atom. The SMILES string of the molecule is CN(C)c1cnn(F)c(=O)c1Cl. The Kier molecular flexibility index (Phi) is 2.32. The van der Waals surface area contributed by atoms with Crippen LogP contribution < -0.4 is 10.5 Å². The fourth-order valence-electron chi connectivity index (χ4n) is 0.717. The molecule has 12 heavy (non-hydrogen) atoms. The lowest BCUT2D eigenvalue weighted by Gasteiger charge is -2.12. The molecule has 0 unspecified atom stereocenters. The average molecular weight is 192 g/mol. The van der Waals surface area contributed by atoms with Crippen molar-refractivity contribution in [2.45, 2.75) is 0 Å². The molecule has 4 nitrogen and oxygen atoms in total. The number of halogens is 2. The van der Waals surface area contributed by atoms with E-state index in [1.54, 1.807) is 19.0 Å². The molecule has 0 aliphatic carbocycles. The van der Waals surface area contributed by atoms with E-state index in [0.29, 0.717) is 5.69 Å². The molecule has 0 aliphatic heterocycles. The molecule has 0 aliphatic rings. The van der Waals surface area contributed by atoms with Crippen molar-refractivity contribution in [3.63, 3.8) is 0 Å². The molecule has 1 rings (SSSR count). The van der Waals surface area contributed by atoms with Crippen LogP contribution in [0.5, 0.6) is 0 Å². The fraction of sp³-hybridized carbons (Fsp3) is 0.333. The van der Waals surface area contributed by atoms with E-state index in [0.717, 1.165) is 0 Å². The number of hydrogen-bond acceptors (Lipinski definition) is 3. The van der Waals surface area contributed by atoms with Crippen molar-refractivity contribution < 1.29 is 4.48 Å². The smallest absolute Gasteiger partial charge is 0.318 e. The van der Waals surface area contributed by atoms with Gasteiger partial charge in [-0.25, -0.2) is 0 Å². The van der Waals surface area contributed by atoms with Crippen LogP contribution in [0.25, 0.3) is 0 Å². The highest BCUT2D eigenvalue weighted by Crippen LogP contribution is 2.17. The van der Waals surface area contributed by atoms with Crippen molar-refractivity contribution in [1.29, 1.82) is 0 Å². The molecule has 0 saturated carbocycles. The van der Waals surface area contributed by atoms with Crippen LogP contribution >= 0.6 is 11.6 Å². The van der Waals surface area contributed by atoms with E-state index in [1.165, 1.54) is 6.20 Å². The van der Waals surface area contributed by atoms with Gasteiger partial charge < -0.3 is 4.90 Å². The van der Waals surface area contributed by atoms with Gasteiger partial charge in [0.15, 0.2) is 0 Å². The highest BCUT2D eigenvalue weighted by Gasteiger charge is 2.09. The molecule has 0 atom stereocenters. The molecule has 6 heteroatoms. The first-order valence-electron chi connectivity index (χ1n) is 3.15.